The number of benzene rings is 1. The van der Waals surface area contributed by atoms with Crippen LogP contribution in [0.3, 0.4) is 0 Å². The van der Waals surface area contributed by atoms with Crippen LogP contribution in [0.5, 0.6) is 0 Å². The van der Waals surface area contributed by atoms with E-state index >= 15 is 0 Å². The Labute approximate surface area is 143 Å². The third kappa shape index (κ3) is 4.01. The standard InChI is InChI=1S/C19H21N2O3/c22-19(16-6-2-3-7-16)14-18(20-12-4-1-5-13-20)15-8-10-17(11-9-15)21(23)24/h2-3,6-11,18H,1,4-5,12-14H2. The van der Waals surface area contributed by atoms with E-state index in [1.807, 2.05) is 25.7 Å². The minimum Gasteiger partial charge on any atom is -0.299 e. The first-order valence-electron chi connectivity index (χ1n) is 8.38. The normalized spacial score (nSPS) is 20.8. The summed E-state index contributed by atoms with van der Waals surface area (Å²) in [5, 5.41) is 10.9. The Kier molecular flexibility index (Phi) is 5.61. The third-order valence-electron chi connectivity index (χ3n) is 4.68. The molecule has 1 aliphatic carbocycles. The SMILES string of the molecule is O=C(CC(c1ccc([N+](=O)[O-])cc1)N1CCCCC1)[C]1[CH][CH][CH][CH]1. The van der Waals surface area contributed by atoms with Gasteiger partial charge in [0.1, 0.15) is 5.78 Å². The van der Waals surface area contributed by atoms with Gasteiger partial charge in [0.2, 0.25) is 0 Å². The average molecular weight is 325 g/mol. The number of piperidine rings is 1. The fraction of sp³-hybridized carbons (Fsp3) is 0.368. The molecule has 0 N–H and O–H groups in total. The van der Waals surface area contributed by atoms with Crippen molar-refractivity contribution in [1.29, 1.82) is 0 Å². The average Bonchev–Trinajstić information content (AvgIpc) is 3.15. The van der Waals surface area contributed by atoms with E-state index in [1.54, 1.807) is 12.1 Å². The van der Waals surface area contributed by atoms with Crippen LogP contribution in [0.15, 0.2) is 24.3 Å². The Balaban J connectivity index is 1.77. The molecular formula is C19H21N2O3. The van der Waals surface area contributed by atoms with Crippen molar-refractivity contribution in [2.45, 2.75) is 31.7 Å². The topological polar surface area (TPSA) is 63.4 Å². The lowest BCUT2D eigenvalue weighted by molar-refractivity contribution is -0.384. The maximum Gasteiger partial charge on any atom is 0.269 e. The number of carbonyl (C=O) groups is 1. The van der Waals surface area contributed by atoms with Crippen LogP contribution in [-0.4, -0.2) is 28.7 Å². The van der Waals surface area contributed by atoms with Crippen LogP contribution in [0.2, 0.25) is 0 Å². The molecule has 24 heavy (non-hydrogen) atoms. The summed E-state index contributed by atoms with van der Waals surface area (Å²) in [7, 11) is 0. The summed E-state index contributed by atoms with van der Waals surface area (Å²) in [6.45, 7) is 1.94. The fourth-order valence-corrected chi connectivity index (χ4v) is 3.36. The van der Waals surface area contributed by atoms with Crippen molar-refractivity contribution in [2.24, 2.45) is 0 Å². The smallest absolute Gasteiger partial charge is 0.269 e. The van der Waals surface area contributed by atoms with Gasteiger partial charge in [-0.05, 0) is 57.2 Å². The second-order valence-electron chi connectivity index (χ2n) is 6.26. The molecule has 3 rings (SSSR count). The molecule has 0 aromatic heterocycles. The molecule has 1 aromatic rings. The first kappa shape index (κ1) is 17.1. The van der Waals surface area contributed by atoms with Gasteiger partial charge in [-0.15, -0.1) is 0 Å². The van der Waals surface area contributed by atoms with E-state index in [2.05, 4.69) is 4.90 Å². The molecule has 1 saturated heterocycles. The zero-order valence-electron chi connectivity index (χ0n) is 13.6. The van der Waals surface area contributed by atoms with Gasteiger partial charge >= 0.3 is 0 Å². The van der Waals surface area contributed by atoms with Crippen molar-refractivity contribution in [3.05, 3.63) is 71.5 Å². The molecule has 125 valence electrons. The second-order valence-corrected chi connectivity index (χ2v) is 6.26. The van der Waals surface area contributed by atoms with Crippen LogP contribution >= 0.6 is 0 Å². The molecule has 1 unspecified atom stereocenters. The Morgan fingerprint density at radius 3 is 2.29 bits per heavy atom. The highest BCUT2D eigenvalue weighted by atomic mass is 16.6. The predicted molar refractivity (Wildman–Crippen MR) is 91.3 cm³/mol. The van der Waals surface area contributed by atoms with E-state index in [-0.39, 0.29) is 17.5 Å². The van der Waals surface area contributed by atoms with E-state index in [4.69, 9.17) is 0 Å². The Morgan fingerprint density at radius 1 is 1.08 bits per heavy atom. The van der Waals surface area contributed by atoms with Crippen LogP contribution in [0, 0.1) is 41.7 Å². The van der Waals surface area contributed by atoms with Crippen molar-refractivity contribution in [1.82, 2.24) is 4.90 Å². The Bertz CT molecular complexity index is 573. The number of nitro benzene ring substituents is 1. The van der Waals surface area contributed by atoms with E-state index in [1.165, 1.54) is 18.6 Å². The lowest BCUT2D eigenvalue weighted by Gasteiger charge is -2.35. The summed E-state index contributed by atoms with van der Waals surface area (Å²) >= 11 is 0. The Morgan fingerprint density at radius 2 is 1.71 bits per heavy atom. The summed E-state index contributed by atoms with van der Waals surface area (Å²) in [5.41, 5.74) is 1.06. The number of nitro groups is 1. The van der Waals surface area contributed by atoms with E-state index in [0.29, 0.717) is 6.42 Å². The number of Topliss-reactive ketones (excluding diaryl/α,β-unsaturated/α-hetero) is 1. The number of hydrogen-bond acceptors (Lipinski definition) is 4. The zero-order chi connectivity index (χ0) is 16.9. The van der Waals surface area contributed by atoms with E-state index < -0.39 is 4.92 Å². The molecule has 1 saturated carbocycles. The number of nitrogens with zero attached hydrogens (tertiary/aromatic N) is 2. The largest absolute Gasteiger partial charge is 0.299 e. The first-order valence-corrected chi connectivity index (χ1v) is 8.38. The molecule has 5 radical (unpaired) electrons. The van der Waals surface area contributed by atoms with Crippen molar-refractivity contribution in [2.75, 3.05) is 13.1 Å². The van der Waals surface area contributed by atoms with Crippen LogP contribution in [0.4, 0.5) is 5.69 Å². The summed E-state index contributed by atoms with van der Waals surface area (Å²) in [5.74, 6) is 0.854. The van der Waals surface area contributed by atoms with Crippen molar-refractivity contribution in [3.63, 3.8) is 0 Å². The van der Waals surface area contributed by atoms with E-state index in [0.717, 1.165) is 37.4 Å². The van der Waals surface area contributed by atoms with Gasteiger partial charge in [0.25, 0.3) is 5.69 Å². The van der Waals surface area contributed by atoms with Gasteiger partial charge in [0.05, 0.1) is 4.92 Å². The molecule has 1 aromatic carbocycles. The van der Waals surface area contributed by atoms with E-state index in [9.17, 15) is 14.9 Å². The highest BCUT2D eigenvalue weighted by Gasteiger charge is 2.30. The third-order valence-corrected chi connectivity index (χ3v) is 4.68. The highest BCUT2D eigenvalue weighted by molar-refractivity contribution is 5.98. The molecule has 1 heterocycles. The first-order chi connectivity index (χ1) is 11.6. The number of carbonyl (C=O) groups excluding carboxylic acids is 1. The minimum atomic E-state index is -0.394. The molecule has 0 bridgehead atoms. The lowest BCUT2D eigenvalue weighted by atomic mass is 9.91. The van der Waals surface area contributed by atoms with Crippen LogP contribution in [0.25, 0.3) is 0 Å². The molecule has 0 amide bonds. The Hall–Kier alpha value is -1.75. The minimum absolute atomic E-state index is 0.0199. The number of rotatable bonds is 6. The number of non-ortho nitro benzene ring substituents is 1. The molecule has 2 aliphatic rings. The monoisotopic (exact) mass is 325 g/mol. The van der Waals surface area contributed by atoms with Gasteiger partial charge in [-0.3, -0.25) is 19.8 Å². The quantitative estimate of drug-likeness (QED) is 0.593. The molecule has 2 fully saturated rings. The van der Waals surface area contributed by atoms with Gasteiger partial charge in [0.15, 0.2) is 0 Å². The van der Waals surface area contributed by atoms with Gasteiger partial charge < -0.3 is 0 Å². The number of hydrogen-bond donors (Lipinski definition) is 0. The highest BCUT2D eigenvalue weighted by Crippen LogP contribution is 2.33. The van der Waals surface area contributed by atoms with Crippen molar-refractivity contribution < 1.29 is 9.72 Å². The second kappa shape index (κ2) is 7.88. The molecule has 1 aliphatic heterocycles. The molecule has 1 atom stereocenters. The molecule has 0 spiro atoms. The van der Waals surface area contributed by atoms with Crippen molar-refractivity contribution in [3.8, 4) is 0 Å². The van der Waals surface area contributed by atoms with Gasteiger partial charge in [0, 0.05) is 30.5 Å². The van der Waals surface area contributed by atoms with Gasteiger partial charge in [-0.25, -0.2) is 0 Å². The fourth-order valence-electron chi connectivity index (χ4n) is 3.36. The van der Waals surface area contributed by atoms with Crippen LogP contribution in [-0.2, 0) is 4.79 Å². The zero-order valence-corrected chi connectivity index (χ0v) is 13.6. The van der Waals surface area contributed by atoms with Crippen LogP contribution in [0.1, 0.15) is 37.3 Å². The van der Waals surface area contributed by atoms with Gasteiger partial charge in [-0.1, -0.05) is 18.6 Å². The predicted octanol–water partition coefficient (Wildman–Crippen LogP) is 3.49. The number of ketones is 1. The number of likely N-dealkylation sites (tertiary alicyclic amines) is 1. The molecule has 5 heteroatoms. The molecular weight excluding hydrogens is 304 g/mol. The van der Waals surface area contributed by atoms with Gasteiger partial charge in [-0.2, -0.15) is 0 Å². The van der Waals surface area contributed by atoms with Crippen molar-refractivity contribution >= 4 is 11.5 Å². The lowest BCUT2D eigenvalue weighted by Crippen LogP contribution is -2.35. The summed E-state index contributed by atoms with van der Waals surface area (Å²) in [6, 6.07) is 6.61. The van der Waals surface area contributed by atoms with Crippen LogP contribution < -0.4 is 0 Å². The maximum atomic E-state index is 12.6. The summed E-state index contributed by atoms with van der Waals surface area (Å²) in [4.78, 5) is 25.4. The maximum absolute atomic E-state index is 12.6. The summed E-state index contributed by atoms with van der Waals surface area (Å²) in [6.07, 6.45) is 11.3. The molecule has 5 nitrogen and oxygen atoms in total. The summed E-state index contributed by atoms with van der Waals surface area (Å²) < 4.78 is 0.